The normalized spacial score (nSPS) is 11.1. The second-order valence-corrected chi connectivity index (χ2v) is 6.93. The zero-order valence-corrected chi connectivity index (χ0v) is 15.0. The van der Waals surface area contributed by atoms with Crippen molar-refractivity contribution in [1.82, 2.24) is 9.55 Å². The molecule has 0 amide bonds. The number of halogens is 1. The van der Waals surface area contributed by atoms with Gasteiger partial charge in [-0.3, -0.25) is 0 Å². The van der Waals surface area contributed by atoms with Gasteiger partial charge in [-0.2, -0.15) is 0 Å². The van der Waals surface area contributed by atoms with E-state index in [2.05, 4.69) is 94.2 Å². The van der Waals surface area contributed by atoms with E-state index in [4.69, 9.17) is 4.98 Å². The van der Waals surface area contributed by atoms with Gasteiger partial charge in [-0.25, -0.2) is 4.98 Å². The average molecular weight is 377 g/mol. The first-order chi connectivity index (χ1) is 11.7. The lowest BCUT2D eigenvalue weighted by atomic mass is 10.1. The van der Waals surface area contributed by atoms with E-state index in [1.807, 2.05) is 6.07 Å². The Morgan fingerprint density at radius 1 is 0.917 bits per heavy atom. The molecule has 24 heavy (non-hydrogen) atoms. The lowest BCUT2D eigenvalue weighted by Crippen LogP contribution is -2.02. The highest BCUT2D eigenvalue weighted by molar-refractivity contribution is 9.10. The van der Waals surface area contributed by atoms with Gasteiger partial charge in [0.05, 0.1) is 11.0 Å². The summed E-state index contributed by atoms with van der Waals surface area (Å²) in [4.78, 5) is 4.89. The Morgan fingerprint density at radius 3 is 2.58 bits per heavy atom. The van der Waals surface area contributed by atoms with Crippen molar-refractivity contribution in [2.75, 3.05) is 0 Å². The first-order valence-electron chi connectivity index (χ1n) is 7.97. The van der Waals surface area contributed by atoms with Crippen LogP contribution in [0.25, 0.3) is 22.4 Å². The van der Waals surface area contributed by atoms with Crippen LogP contribution in [0, 0.1) is 6.92 Å². The van der Waals surface area contributed by atoms with Gasteiger partial charge >= 0.3 is 0 Å². The van der Waals surface area contributed by atoms with Gasteiger partial charge in [0, 0.05) is 16.6 Å². The Kier molecular flexibility index (Phi) is 3.95. The van der Waals surface area contributed by atoms with Crippen LogP contribution in [0.1, 0.15) is 11.1 Å². The zero-order chi connectivity index (χ0) is 16.5. The Balaban J connectivity index is 1.90. The molecule has 0 aliphatic rings. The Morgan fingerprint density at radius 2 is 1.75 bits per heavy atom. The number of hydrogen-bond acceptors (Lipinski definition) is 1. The molecule has 0 atom stereocenters. The van der Waals surface area contributed by atoms with Gasteiger partial charge < -0.3 is 4.57 Å². The maximum absolute atomic E-state index is 4.89. The van der Waals surface area contributed by atoms with E-state index in [9.17, 15) is 0 Å². The van der Waals surface area contributed by atoms with Gasteiger partial charge in [-0.05, 0) is 42.8 Å². The third-order valence-corrected chi connectivity index (χ3v) is 4.65. The number of rotatable bonds is 3. The Bertz CT molecular complexity index is 1020. The number of para-hydroxylation sites is 2. The predicted molar refractivity (Wildman–Crippen MR) is 103 cm³/mol. The van der Waals surface area contributed by atoms with Crippen molar-refractivity contribution in [2.45, 2.75) is 13.5 Å². The van der Waals surface area contributed by atoms with Crippen LogP contribution in [0.2, 0.25) is 0 Å². The van der Waals surface area contributed by atoms with E-state index in [1.54, 1.807) is 0 Å². The average Bonchev–Trinajstić information content (AvgIpc) is 2.94. The monoisotopic (exact) mass is 376 g/mol. The number of aromatic nitrogens is 2. The molecule has 0 radical (unpaired) electrons. The molecule has 0 N–H and O–H groups in total. The van der Waals surface area contributed by atoms with E-state index in [1.165, 1.54) is 11.1 Å². The quantitative estimate of drug-likeness (QED) is 0.440. The largest absolute Gasteiger partial charge is 0.319 e. The minimum Gasteiger partial charge on any atom is -0.319 e. The molecule has 0 saturated heterocycles. The topological polar surface area (TPSA) is 17.8 Å². The fourth-order valence-electron chi connectivity index (χ4n) is 3.06. The predicted octanol–water partition coefficient (Wildman–Crippen LogP) is 5.82. The molecule has 0 saturated carbocycles. The fourth-order valence-corrected chi connectivity index (χ4v) is 3.50. The summed E-state index contributed by atoms with van der Waals surface area (Å²) in [7, 11) is 0. The molecule has 1 heterocycles. The highest BCUT2D eigenvalue weighted by atomic mass is 79.9. The van der Waals surface area contributed by atoms with Gasteiger partial charge in [0.2, 0.25) is 0 Å². The Hall–Kier alpha value is -2.39. The zero-order valence-electron chi connectivity index (χ0n) is 13.4. The minimum atomic E-state index is 0.795. The van der Waals surface area contributed by atoms with Gasteiger partial charge in [-0.1, -0.05) is 64.0 Å². The van der Waals surface area contributed by atoms with Crippen LogP contribution in [0.4, 0.5) is 0 Å². The van der Waals surface area contributed by atoms with Gasteiger partial charge in [0.25, 0.3) is 0 Å². The maximum atomic E-state index is 4.89. The summed E-state index contributed by atoms with van der Waals surface area (Å²) in [6, 6.07) is 25.3. The molecule has 0 aliphatic heterocycles. The molecule has 4 rings (SSSR count). The van der Waals surface area contributed by atoms with Crippen LogP contribution in [-0.2, 0) is 6.54 Å². The molecule has 0 aliphatic carbocycles. The van der Waals surface area contributed by atoms with E-state index in [0.717, 1.165) is 33.4 Å². The molecular formula is C21H17BrN2. The molecule has 0 bridgehead atoms. The fraction of sp³-hybridized carbons (Fsp3) is 0.0952. The van der Waals surface area contributed by atoms with Crippen LogP contribution < -0.4 is 0 Å². The highest BCUT2D eigenvalue weighted by Gasteiger charge is 2.13. The third kappa shape index (κ3) is 2.87. The van der Waals surface area contributed by atoms with Crippen LogP contribution in [0.5, 0.6) is 0 Å². The second-order valence-electron chi connectivity index (χ2n) is 6.01. The summed E-state index contributed by atoms with van der Waals surface area (Å²) in [5, 5.41) is 0. The third-order valence-electron chi connectivity index (χ3n) is 4.16. The van der Waals surface area contributed by atoms with Crippen LogP contribution in [-0.4, -0.2) is 9.55 Å². The standard InChI is InChI=1S/C21H17BrN2/c1-15-6-4-8-17(12-15)21-23-19-10-2-3-11-20(19)24(21)14-16-7-5-9-18(22)13-16/h2-13H,14H2,1H3. The molecular weight excluding hydrogens is 360 g/mol. The van der Waals surface area contributed by atoms with E-state index in [-0.39, 0.29) is 0 Å². The van der Waals surface area contributed by atoms with Crippen molar-refractivity contribution in [3.05, 3.63) is 88.4 Å². The molecule has 0 fully saturated rings. The number of imidazole rings is 1. The number of aryl methyl sites for hydroxylation is 1. The SMILES string of the molecule is Cc1cccc(-c2nc3ccccc3n2Cc2cccc(Br)c2)c1. The molecule has 118 valence electrons. The molecule has 3 heteroatoms. The van der Waals surface area contributed by atoms with Crippen LogP contribution >= 0.6 is 15.9 Å². The second kappa shape index (κ2) is 6.25. The van der Waals surface area contributed by atoms with E-state index in [0.29, 0.717) is 0 Å². The van der Waals surface area contributed by atoms with Crippen molar-refractivity contribution in [3.63, 3.8) is 0 Å². The first kappa shape index (κ1) is 15.2. The molecule has 4 aromatic rings. The molecule has 3 aromatic carbocycles. The van der Waals surface area contributed by atoms with Gasteiger partial charge in [0.1, 0.15) is 5.82 Å². The van der Waals surface area contributed by atoms with Crippen molar-refractivity contribution in [3.8, 4) is 11.4 Å². The lowest BCUT2D eigenvalue weighted by molar-refractivity contribution is 0.834. The summed E-state index contributed by atoms with van der Waals surface area (Å²) < 4.78 is 3.40. The van der Waals surface area contributed by atoms with Crippen molar-refractivity contribution in [2.24, 2.45) is 0 Å². The van der Waals surface area contributed by atoms with Gasteiger partial charge in [-0.15, -0.1) is 0 Å². The molecule has 2 nitrogen and oxygen atoms in total. The van der Waals surface area contributed by atoms with Gasteiger partial charge in [0.15, 0.2) is 0 Å². The smallest absolute Gasteiger partial charge is 0.141 e. The lowest BCUT2D eigenvalue weighted by Gasteiger charge is -2.10. The summed E-state index contributed by atoms with van der Waals surface area (Å²) in [5.74, 6) is 1.01. The summed E-state index contributed by atoms with van der Waals surface area (Å²) in [6.45, 7) is 2.91. The molecule has 0 spiro atoms. The van der Waals surface area contributed by atoms with Crippen LogP contribution in [0.15, 0.2) is 77.3 Å². The number of benzene rings is 3. The van der Waals surface area contributed by atoms with E-state index >= 15 is 0 Å². The number of nitrogens with zero attached hydrogens (tertiary/aromatic N) is 2. The summed E-state index contributed by atoms with van der Waals surface area (Å²) in [5.41, 5.74) is 5.84. The first-order valence-corrected chi connectivity index (χ1v) is 8.77. The molecule has 0 unspecified atom stereocenters. The minimum absolute atomic E-state index is 0.795. The van der Waals surface area contributed by atoms with Crippen molar-refractivity contribution < 1.29 is 0 Å². The number of fused-ring (bicyclic) bond motifs is 1. The number of hydrogen-bond donors (Lipinski definition) is 0. The van der Waals surface area contributed by atoms with Crippen LogP contribution in [0.3, 0.4) is 0 Å². The summed E-state index contributed by atoms with van der Waals surface area (Å²) in [6.07, 6.45) is 0. The van der Waals surface area contributed by atoms with Crippen molar-refractivity contribution in [1.29, 1.82) is 0 Å². The Labute approximate surface area is 149 Å². The van der Waals surface area contributed by atoms with E-state index < -0.39 is 0 Å². The highest BCUT2D eigenvalue weighted by Crippen LogP contribution is 2.27. The van der Waals surface area contributed by atoms with Crippen molar-refractivity contribution >= 4 is 27.0 Å². The maximum Gasteiger partial charge on any atom is 0.141 e. The summed E-state index contributed by atoms with van der Waals surface area (Å²) >= 11 is 3.56. The molecule has 1 aromatic heterocycles.